The molecule has 26 heavy (non-hydrogen) atoms. The molecule has 0 aliphatic heterocycles. The molecule has 0 spiro atoms. The molecule has 9 heteroatoms. The molecule has 1 heterocycles. The second kappa shape index (κ2) is 6.93. The Balaban J connectivity index is 1.78. The van der Waals surface area contributed by atoms with E-state index in [0.29, 0.717) is 16.7 Å². The van der Waals surface area contributed by atoms with Crippen molar-refractivity contribution in [1.29, 1.82) is 0 Å². The van der Waals surface area contributed by atoms with Gasteiger partial charge in [0.15, 0.2) is 17.1 Å². The van der Waals surface area contributed by atoms with Crippen molar-refractivity contribution in [3.8, 4) is 11.5 Å². The van der Waals surface area contributed by atoms with Crippen LogP contribution in [0.4, 0.5) is 5.69 Å². The number of nitro groups is 1. The predicted octanol–water partition coefficient (Wildman–Crippen LogP) is 2.82. The van der Waals surface area contributed by atoms with Crippen LogP contribution in [0.1, 0.15) is 16.1 Å². The van der Waals surface area contributed by atoms with Gasteiger partial charge < -0.3 is 14.3 Å². The molecule has 0 bridgehead atoms. The Morgan fingerprint density at radius 3 is 2.85 bits per heavy atom. The zero-order valence-corrected chi connectivity index (χ0v) is 13.5. The summed E-state index contributed by atoms with van der Waals surface area (Å²) in [5.41, 5.74) is 2.30. The van der Waals surface area contributed by atoms with Gasteiger partial charge in [0.05, 0.1) is 18.2 Å². The number of methoxy groups -OCH3 is 1. The predicted molar refractivity (Wildman–Crippen MR) is 92.6 cm³/mol. The molecule has 132 valence electrons. The molecule has 0 fully saturated rings. The maximum atomic E-state index is 12.1. The third-order valence-corrected chi connectivity index (χ3v) is 3.56. The van der Waals surface area contributed by atoms with E-state index >= 15 is 0 Å². The Labute approximate surface area is 146 Å². The van der Waals surface area contributed by atoms with Gasteiger partial charge in [-0.3, -0.25) is 14.9 Å². The van der Waals surface area contributed by atoms with Crippen LogP contribution in [-0.2, 0) is 0 Å². The molecule has 3 aromatic rings. The number of carbonyl (C=O) groups is 1. The van der Waals surface area contributed by atoms with Gasteiger partial charge in [-0.2, -0.15) is 5.10 Å². The van der Waals surface area contributed by atoms with Crippen molar-refractivity contribution in [1.82, 2.24) is 5.43 Å². The Bertz CT molecular complexity index is 1020. The lowest BCUT2D eigenvalue weighted by Gasteiger charge is -2.00. The zero-order chi connectivity index (χ0) is 18.7. The number of fused-ring (bicyclic) bond motifs is 1. The van der Waals surface area contributed by atoms with Crippen molar-refractivity contribution in [2.24, 2.45) is 5.10 Å². The summed E-state index contributed by atoms with van der Waals surface area (Å²) in [5, 5.41) is 25.0. The van der Waals surface area contributed by atoms with Crippen LogP contribution in [0.15, 0.2) is 52.0 Å². The number of ether oxygens (including phenoxy) is 1. The van der Waals surface area contributed by atoms with E-state index in [9.17, 15) is 20.0 Å². The Kier molecular flexibility index (Phi) is 4.52. The molecule has 1 aromatic heterocycles. The monoisotopic (exact) mass is 355 g/mol. The molecule has 2 N–H and O–H groups in total. The van der Waals surface area contributed by atoms with Crippen molar-refractivity contribution < 1.29 is 24.0 Å². The van der Waals surface area contributed by atoms with Crippen LogP contribution in [0.3, 0.4) is 0 Å². The van der Waals surface area contributed by atoms with E-state index in [-0.39, 0.29) is 11.3 Å². The normalized spacial score (nSPS) is 11.0. The first-order valence-electron chi connectivity index (χ1n) is 7.37. The van der Waals surface area contributed by atoms with Crippen molar-refractivity contribution >= 4 is 28.8 Å². The van der Waals surface area contributed by atoms with Gasteiger partial charge in [-0.25, -0.2) is 5.43 Å². The molecule has 0 saturated carbocycles. The SMILES string of the molecule is COc1cccc2cc(C(=O)N/N=C\c3cccc([N+](=O)[O-])c3O)oc12. The van der Waals surface area contributed by atoms with E-state index < -0.39 is 22.3 Å². The fraction of sp³-hybridized carbons (Fsp3) is 0.0588. The number of phenolic OH excluding ortho intramolecular Hbond substituents is 1. The summed E-state index contributed by atoms with van der Waals surface area (Å²) in [6.07, 6.45) is 1.10. The summed E-state index contributed by atoms with van der Waals surface area (Å²) >= 11 is 0. The number of nitrogens with zero attached hydrogens (tertiary/aromatic N) is 2. The number of nitro benzene ring substituents is 1. The summed E-state index contributed by atoms with van der Waals surface area (Å²) < 4.78 is 10.6. The number of hydrazone groups is 1. The molecule has 3 rings (SSSR count). The lowest BCUT2D eigenvalue weighted by atomic mass is 10.2. The second-order valence-corrected chi connectivity index (χ2v) is 5.16. The van der Waals surface area contributed by atoms with Gasteiger partial charge in [-0.1, -0.05) is 18.2 Å². The number of para-hydroxylation sites is 2. The van der Waals surface area contributed by atoms with Crippen LogP contribution in [0.5, 0.6) is 11.5 Å². The average molecular weight is 355 g/mol. The first-order chi connectivity index (χ1) is 12.5. The van der Waals surface area contributed by atoms with Crippen LogP contribution < -0.4 is 10.2 Å². The number of nitrogens with one attached hydrogen (secondary N) is 1. The van der Waals surface area contributed by atoms with E-state index in [4.69, 9.17) is 9.15 Å². The summed E-state index contributed by atoms with van der Waals surface area (Å²) in [6, 6.07) is 10.7. The van der Waals surface area contributed by atoms with Gasteiger partial charge in [-0.05, 0) is 18.2 Å². The molecular formula is C17H13N3O6. The van der Waals surface area contributed by atoms with Crippen molar-refractivity contribution in [2.75, 3.05) is 7.11 Å². The Morgan fingerprint density at radius 1 is 1.35 bits per heavy atom. The third kappa shape index (κ3) is 3.18. The number of benzene rings is 2. The van der Waals surface area contributed by atoms with Gasteiger partial charge in [0, 0.05) is 17.0 Å². The Hall–Kier alpha value is -3.88. The Morgan fingerprint density at radius 2 is 2.12 bits per heavy atom. The molecule has 0 saturated heterocycles. The van der Waals surface area contributed by atoms with Crippen LogP contribution in [-0.4, -0.2) is 29.3 Å². The van der Waals surface area contributed by atoms with Crippen molar-refractivity contribution in [3.63, 3.8) is 0 Å². The van der Waals surface area contributed by atoms with Gasteiger partial charge >= 0.3 is 11.6 Å². The first kappa shape index (κ1) is 17.0. The fourth-order valence-electron chi connectivity index (χ4n) is 2.32. The molecule has 2 aromatic carbocycles. The second-order valence-electron chi connectivity index (χ2n) is 5.16. The number of furan rings is 1. The van der Waals surface area contributed by atoms with Crippen LogP contribution in [0.2, 0.25) is 0 Å². The fourth-order valence-corrected chi connectivity index (χ4v) is 2.32. The van der Waals surface area contributed by atoms with Gasteiger partial charge in [0.1, 0.15) is 0 Å². The first-order valence-corrected chi connectivity index (χ1v) is 7.37. The maximum absolute atomic E-state index is 12.1. The highest BCUT2D eigenvalue weighted by Gasteiger charge is 2.16. The molecule has 1 amide bonds. The van der Waals surface area contributed by atoms with Crippen LogP contribution in [0, 0.1) is 10.1 Å². The third-order valence-electron chi connectivity index (χ3n) is 3.56. The minimum atomic E-state index is -0.715. The quantitative estimate of drug-likeness (QED) is 0.411. The minimum Gasteiger partial charge on any atom is -0.502 e. The summed E-state index contributed by atoms with van der Waals surface area (Å²) in [6.45, 7) is 0. The highest BCUT2D eigenvalue weighted by atomic mass is 16.6. The zero-order valence-electron chi connectivity index (χ0n) is 13.5. The van der Waals surface area contributed by atoms with Gasteiger partial charge in [0.25, 0.3) is 0 Å². The lowest BCUT2D eigenvalue weighted by molar-refractivity contribution is -0.385. The maximum Gasteiger partial charge on any atom is 0.311 e. The van der Waals surface area contributed by atoms with Crippen molar-refractivity contribution in [3.05, 3.63) is 63.9 Å². The number of hydrogen-bond acceptors (Lipinski definition) is 7. The smallest absolute Gasteiger partial charge is 0.311 e. The summed E-state index contributed by atoms with van der Waals surface area (Å²) in [7, 11) is 1.49. The molecule has 0 aliphatic rings. The number of aromatic hydroxyl groups is 1. The molecule has 0 radical (unpaired) electrons. The summed E-state index contributed by atoms with van der Waals surface area (Å²) in [5.74, 6) is -0.648. The molecular weight excluding hydrogens is 342 g/mol. The highest BCUT2D eigenvalue weighted by molar-refractivity contribution is 5.97. The van der Waals surface area contributed by atoms with E-state index in [1.165, 1.54) is 25.3 Å². The van der Waals surface area contributed by atoms with Gasteiger partial charge in [-0.15, -0.1) is 0 Å². The number of hydrogen-bond donors (Lipinski definition) is 2. The largest absolute Gasteiger partial charge is 0.502 e. The number of carbonyl (C=O) groups excluding carboxylic acids is 1. The standard InChI is InChI=1S/C17H13N3O6/c1-25-13-7-3-4-10-8-14(26-16(10)13)17(22)19-18-9-11-5-2-6-12(15(11)21)20(23)24/h2-9,21H,1H3,(H,19,22)/b18-9-. The van der Waals surface area contributed by atoms with E-state index in [2.05, 4.69) is 10.5 Å². The van der Waals surface area contributed by atoms with Crippen LogP contribution >= 0.6 is 0 Å². The van der Waals surface area contributed by atoms with E-state index in [1.54, 1.807) is 18.2 Å². The molecule has 9 nitrogen and oxygen atoms in total. The molecule has 0 aliphatic carbocycles. The number of rotatable bonds is 5. The molecule has 0 atom stereocenters. The lowest BCUT2D eigenvalue weighted by Crippen LogP contribution is -2.16. The number of phenols is 1. The minimum absolute atomic E-state index is 0.0184. The number of amides is 1. The molecule has 0 unspecified atom stereocenters. The van der Waals surface area contributed by atoms with E-state index in [1.807, 2.05) is 0 Å². The van der Waals surface area contributed by atoms with Crippen LogP contribution in [0.25, 0.3) is 11.0 Å². The van der Waals surface area contributed by atoms with E-state index in [0.717, 1.165) is 12.3 Å². The topological polar surface area (TPSA) is 127 Å². The summed E-state index contributed by atoms with van der Waals surface area (Å²) in [4.78, 5) is 22.2. The van der Waals surface area contributed by atoms with Gasteiger partial charge in [0.2, 0.25) is 5.75 Å². The van der Waals surface area contributed by atoms with Crippen molar-refractivity contribution in [2.45, 2.75) is 0 Å². The highest BCUT2D eigenvalue weighted by Crippen LogP contribution is 2.29. The average Bonchev–Trinajstić information content (AvgIpc) is 3.07.